The van der Waals surface area contributed by atoms with Crippen LogP contribution in [0.3, 0.4) is 0 Å². The van der Waals surface area contributed by atoms with Crippen LogP contribution in [0.15, 0.2) is 30.3 Å². The number of carbonyl (C=O) groups excluding carboxylic acids is 1. The Bertz CT molecular complexity index is 428. The van der Waals surface area contributed by atoms with Crippen molar-refractivity contribution in [3.8, 4) is 0 Å². The minimum absolute atomic E-state index is 0.0963. The van der Waals surface area contributed by atoms with E-state index >= 15 is 0 Å². The van der Waals surface area contributed by atoms with Crippen molar-refractivity contribution in [3.05, 3.63) is 35.9 Å². The highest BCUT2D eigenvalue weighted by molar-refractivity contribution is 5.78. The third-order valence-corrected chi connectivity index (χ3v) is 3.51. The molecule has 0 atom stereocenters. The van der Waals surface area contributed by atoms with Gasteiger partial charge in [0.25, 0.3) is 0 Å². The van der Waals surface area contributed by atoms with E-state index < -0.39 is 0 Å². The number of amides is 1. The predicted octanol–water partition coefficient (Wildman–Crippen LogP) is 3.04. The molecule has 0 bridgehead atoms. The molecule has 110 valence electrons. The molecule has 0 saturated carbocycles. The van der Waals surface area contributed by atoms with Crippen molar-refractivity contribution < 1.29 is 9.53 Å². The number of carbonyl (C=O) groups is 1. The molecule has 1 aliphatic rings. The summed E-state index contributed by atoms with van der Waals surface area (Å²) < 4.78 is 5.99. The van der Waals surface area contributed by atoms with Crippen molar-refractivity contribution in [1.82, 2.24) is 4.90 Å². The molecule has 0 spiro atoms. The van der Waals surface area contributed by atoms with Crippen LogP contribution in [0.5, 0.6) is 0 Å². The van der Waals surface area contributed by atoms with Gasteiger partial charge in [-0.15, -0.1) is 0 Å². The molecule has 1 saturated heterocycles. The average molecular weight is 275 g/mol. The zero-order valence-corrected chi connectivity index (χ0v) is 12.8. The maximum absolute atomic E-state index is 12.2. The van der Waals surface area contributed by atoms with Crippen molar-refractivity contribution in [2.45, 2.75) is 51.7 Å². The Morgan fingerprint density at radius 1 is 1.20 bits per heavy atom. The molecule has 0 radical (unpaired) electrons. The molecule has 2 rings (SSSR count). The van der Waals surface area contributed by atoms with Gasteiger partial charge in [0.1, 0.15) is 0 Å². The average Bonchev–Trinajstić information content (AvgIpc) is 2.39. The summed E-state index contributed by atoms with van der Waals surface area (Å²) in [6.45, 7) is 7.87. The fraction of sp³-hybridized carbons (Fsp3) is 0.588. The van der Waals surface area contributed by atoms with E-state index in [0.717, 1.165) is 31.5 Å². The van der Waals surface area contributed by atoms with Gasteiger partial charge in [-0.25, -0.2) is 0 Å². The van der Waals surface area contributed by atoms with Gasteiger partial charge in [-0.05, 0) is 39.2 Å². The van der Waals surface area contributed by atoms with Crippen molar-refractivity contribution in [1.29, 1.82) is 0 Å². The van der Waals surface area contributed by atoms with Crippen LogP contribution in [0.25, 0.3) is 0 Å². The fourth-order valence-corrected chi connectivity index (χ4v) is 2.61. The number of likely N-dealkylation sites (tertiary alicyclic amines) is 1. The summed E-state index contributed by atoms with van der Waals surface area (Å²) in [6.07, 6.45) is 2.68. The van der Waals surface area contributed by atoms with Gasteiger partial charge in [0.05, 0.1) is 18.1 Å². The van der Waals surface area contributed by atoms with Crippen molar-refractivity contribution in [2.24, 2.45) is 0 Å². The SMILES string of the molecule is CC(C)(C)OC1CCN(C(=O)Cc2ccccc2)CC1. The number of hydrogen-bond acceptors (Lipinski definition) is 2. The number of hydrogen-bond donors (Lipinski definition) is 0. The van der Waals surface area contributed by atoms with E-state index in [9.17, 15) is 4.79 Å². The maximum atomic E-state index is 12.2. The van der Waals surface area contributed by atoms with E-state index in [1.807, 2.05) is 35.2 Å². The molecular formula is C17H25NO2. The van der Waals surface area contributed by atoms with Crippen molar-refractivity contribution in [3.63, 3.8) is 0 Å². The Morgan fingerprint density at radius 2 is 1.80 bits per heavy atom. The lowest BCUT2D eigenvalue weighted by Gasteiger charge is -2.35. The normalized spacial score (nSPS) is 17.2. The van der Waals surface area contributed by atoms with Crippen LogP contribution in [-0.2, 0) is 16.0 Å². The number of benzene rings is 1. The van der Waals surface area contributed by atoms with Crippen LogP contribution >= 0.6 is 0 Å². The summed E-state index contributed by atoms with van der Waals surface area (Å²) in [6, 6.07) is 9.95. The van der Waals surface area contributed by atoms with Gasteiger partial charge in [-0.2, -0.15) is 0 Å². The van der Waals surface area contributed by atoms with Gasteiger partial charge in [0.15, 0.2) is 0 Å². The van der Waals surface area contributed by atoms with Crippen LogP contribution < -0.4 is 0 Å². The van der Waals surface area contributed by atoms with Gasteiger partial charge in [0, 0.05) is 13.1 Å². The van der Waals surface area contributed by atoms with Gasteiger partial charge >= 0.3 is 0 Å². The number of rotatable bonds is 3. The van der Waals surface area contributed by atoms with Gasteiger partial charge in [-0.1, -0.05) is 30.3 Å². The summed E-state index contributed by atoms with van der Waals surface area (Å²) in [4.78, 5) is 14.2. The Labute approximate surface area is 121 Å². The minimum atomic E-state index is -0.0963. The van der Waals surface area contributed by atoms with Crippen LogP contribution in [-0.4, -0.2) is 35.6 Å². The summed E-state index contributed by atoms with van der Waals surface area (Å²) in [5.41, 5.74) is 0.992. The molecule has 1 aromatic carbocycles. The summed E-state index contributed by atoms with van der Waals surface area (Å²) >= 11 is 0. The standard InChI is InChI=1S/C17H25NO2/c1-17(2,3)20-15-9-11-18(12-10-15)16(19)13-14-7-5-4-6-8-14/h4-8,15H,9-13H2,1-3H3. The second-order valence-corrected chi connectivity index (χ2v) is 6.47. The molecule has 0 N–H and O–H groups in total. The smallest absolute Gasteiger partial charge is 0.226 e. The first kappa shape index (κ1) is 15.0. The third kappa shape index (κ3) is 4.64. The third-order valence-electron chi connectivity index (χ3n) is 3.51. The minimum Gasteiger partial charge on any atom is -0.372 e. The van der Waals surface area contributed by atoms with E-state index in [1.165, 1.54) is 0 Å². The Morgan fingerprint density at radius 3 is 2.35 bits per heavy atom. The van der Waals surface area contributed by atoms with Crippen LogP contribution in [0.2, 0.25) is 0 Å². The van der Waals surface area contributed by atoms with E-state index in [2.05, 4.69) is 20.8 Å². The van der Waals surface area contributed by atoms with Gasteiger partial charge in [0.2, 0.25) is 5.91 Å². The molecule has 3 heteroatoms. The lowest BCUT2D eigenvalue weighted by molar-refractivity contribution is -0.135. The second kappa shape index (κ2) is 6.40. The van der Waals surface area contributed by atoms with Gasteiger partial charge < -0.3 is 9.64 Å². The quantitative estimate of drug-likeness (QED) is 0.848. The number of ether oxygens (including phenoxy) is 1. The summed E-state index contributed by atoms with van der Waals surface area (Å²) in [5.74, 6) is 0.227. The molecule has 1 fully saturated rings. The summed E-state index contributed by atoms with van der Waals surface area (Å²) in [5, 5.41) is 0. The van der Waals surface area contributed by atoms with Crippen molar-refractivity contribution >= 4 is 5.91 Å². The molecule has 3 nitrogen and oxygen atoms in total. The maximum Gasteiger partial charge on any atom is 0.226 e. The zero-order valence-electron chi connectivity index (χ0n) is 12.8. The first-order valence-corrected chi connectivity index (χ1v) is 7.43. The monoisotopic (exact) mass is 275 g/mol. The molecule has 0 aromatic heterocycles. The Hall–Kier alpha value is -1.35. The molecule has 20 heavy (non-hydrogen) atoms. The summed E-state index contributed by atoms with van der Waals surface area (Å²) in [7, 11) is 0. The van der Waals surface area contributed by atoms with Crippen molar-refractivity contribution in [2.75, 3.05) is 13.1 Å². The van der Waals surface area contributed by atoms with Crippen LogP contribution in [0.4, 0.5) is 0 Å². The number of nitrogens with zero attached hydrogens (tertiary/aromatic N) is 1. The lowest BCUT2D eigenvalue weighted by atomic mass is 10.0. The molecule has 1 aliphatic heterocycles. The zero-order chi connectivity index (χ0) is 14.6. The Balaban J connectivity index is 1.80. The topological polar surface area (TPSA) is 29.5 Å². The second-order valence-electron chi connectivity index (χ2n) is 6.47. The highest BCUT2D eigenvalue weighted by atomic mass is 16.5. The van der Waals surface area contributed by atoms with Gasteiger partial charge in [-0.3, -0.25) is 4.79 Å². The fourth-order valence-electron chi connectivity index (χ4n) is 2.61. The Kier molecular flexibility index (Phi) is 4.81. The highest BCUT2D eigenvalue weighted by Gasteiger charge is 2.26. The molecule has 1 aromatic rings. The van der Waals surface area contributed by atoms with E-state index in [0.29, 0.717) is 6.42 Å². The largest absolute Gasteiger partial charge is 0.372 e. The molecule has 0 aliphatic carbocycles. The predicted molar refractivity (Wildman–Crippen MR) is 80.6 cm³/mol. The molecular weight excluding hydrogens is 250 g/mol. The van der Waals surface area contributed by atoms with E-state index in [1.54, 1.807) is 0 Å². The first-order chi connectivity index (χ1) is 9.44. The van der Waals surface area contributed by atoms with E-state index in [-0.39, 0.29) is 17.6 Å². The first-order valence-electron chi connectivity index (χ1n) is 7.43. The number of piperidine rings is 1. The van der Waals surface area contributed by atoms with Crippen LogP contribution in [0.1, 0.15) is 39.2 Å². The molecule has 1 amide bonds. The van der Waals surface area contributed by atoms with Crippen LogP contribution in [0, 0.1) is 0 Å². The molecule has 0 unspecified atom stereocenters. The molecule has 1 heterocycles. The highest BCUT2D eigenvalue weighted by Crippen LogP contribution is 2.20. The lowest BCUT2D eigenvalue weighted by Crippen LogP contribution is -2.43. The van der Waals surface area contributed by atoms with E-state index in [4.69, 9.17) is 4.74 Å².